The molecule has 0 radical (unpaired) electrons. The second-order valence-electron chi connectivity index (χ2n) is 4.43. The molecule has 1 aromatic carbocycles. The van der Waals surface area contributed by atoms with E-state index in [0.717, 1.165) is 4.90 Å². The summed E-state index contributed by atoms with van der Waals surface area (Å²) in [5.41, 5.74) is 6.48. The van der Waals surface area contributed by atoms with E-state index in [1.54, 1.807) is 17.8 Å². The minimum absolute atomic E-state index is 0.221. The molecule has 0 heterocycles. The summed E-state index contributed by atoms with van der Waals surface area (Å²) in [6.45, 7) is 0. The summed E-state index contributed by atoms with van der Waals surface area (Å²) >= 11 is 1.76. The fraction of sp³-hybridized carbons (Fsp3) is 0.500. The highest BCUT2D eigenvalue weighted by Gasteiger charge is 2.18. The second-order valence-corrected chi connectivity index (χ2v) is 7.66. The third-order valence-corrected chi connectivity index (χ3v) is 6.00. The van der Waals surface area contributed by atoms with E-state index in [2.05, 4.69) is 4.72 Å². The first-order valence-electron chi connectivity index (χ1n) is 6.02. The fourth-order valence-electron chi connectivity index (χ4n) is 2.10. The van der Waals surface area contributed by atoms with Gasteiger partial charge in [-0.2, -0.15) is 0 Å². The molecule has 100 valence electrons. The lowest BCUT2D eigenvalue weighted by atomic mass is 10.3. The fourth-order valence-corrected chi connectivity index (χ4v) is 4.14. The van der Waals surface area contributed by atoms with E-state index in [-0.39, 0.29) is 4.90 Å². The molecule has 1 aliphatic carbocycles. The van der Waals surface area contributed by atoms with Crippen LogP contribution >= 0.6 is 11.8 Å². The number of benzene rings is 1. The molecule has 0 aliphatic heterocycles. The molecule has 0 spiro atoms. The summed E-state index contributed by atoms with van der Waals surface area (Å²) in [6, 6.07) is 4.95. The normalized spacial score (nSPS) is 17.2. The van der Waals surface area contributed by atoms with E-state index in [0.29, 0.717) is 10.9 Å². The lowest BCUT2D eigenvalue weighted by Gasteiger charge is -2.12. The Labute approximate surface area is 112 Å². The van der Waals surface area contributed by atoms with Crippen molar-refractivity contribution in [1.82, 2.24) is 4.72 Å². The summed E-state index contributed by atoms with van der Waals surface area (Å²) in [6.07, 6.45) is 5.01. The first-order valence-corrected chi connectivity index (χ1v) is 8.39. The van der Waals surface area contributed by atoms with Crippen LogP contribution in [0.5, 0.6) is 0 Å². The predicted octanol–water partition coefficient (Wildman–Crippen LogP) is 2.21. The lowest BCUT2D eigenvalue weighted by molar-refractivity contribution is 0.588. The molecule has 3 N–H and O–H groups in total. The van der Waals surface area contributed by atoms with Gasteiger partial charge in [-0.25, -0.2) is 13.1 Å². The number of hydrogen-bond donors (Lipinski definition) is 2. The van der Waals surface area contributed by atoms with Crippen LogP contribution in [-0.2, 0) is 10.0 Å². The predicted molar refractivity (Wildman–Crippen MR) is 75.2 cm³/mol. The molecule has 1 aromatic rings. The average molecular weight is 286 g/mol. The lowest BCUT2D eigenvalue weighted by Crippen LogP contribution is -2.18. The van der Waals surface area contributed by atoms with Crippen molar-refractivity contribution in [1.29, 1.82) is 0 Å². The van der Waals surface area contributed by atoms with Gasteiger partial charge in [-0.3, -0.25) is 0 Å². The standard InChI is InChI=1S/C12H18N2O2S2/c1-14-18(15,16)10-6-7-12(11(13)8-10)17-9-4-2-3-5-9/h6-9,14H,2-5,13H2,1H3. The monoisotopic (exact) mass is 286 g/mol. The van der Waals surface area contributed by atoms with Gasteiger partial charge in [0.25, 0.3) is 0 Å². The summed E-state index contributed by atoms with van der Waals surface area (Å²) < 4.78 is 25.6. The SMILES string of the molecule is CNS(=O)(=O)c1ccc(SC2CCCC2)c(N)c1. The third kappa shape index (κ3) is 2.99. The molecule has 2 rings (SSSR count). The highest BCUT2D eigenvalue weighted by atomic mass is 32.2. The molecule has 0 unspecified atom stereocenters. The number of nitrogens with two attached hydrogens (primary N) is 1. The van der Waals surface area contributed by atoms with E-state index in [9.17, 15) is 8.42 Å². The maximum atomic E-state index is 11.6. The van der Waals surface area contributed by atoms with Crippen LogP contribution in [0.15, 0.2) is 28.0 Å². The maximum Gasteiger partial charge on any atom is 0.240 e. The first kappa shape index (κ1) is 13.7. The first-order chi connectivity index (χ1) is 8.53. The largest absolute Gasteiger partial charge is 0.398 e. The van der Waals surface area contributed by atoms with Gasteiger partial charge >= 0.3 is 0 Å². The van der Waals surface area contributed by atoms with Crippen molar-refractivity contribution < 1.29 is 8.42 Å². The average Bonchev–Trinajstić information content (AvgIpc) is 2.84. The van der Waals surface area contributed by atoms with Gasteiger partial charge in [0.2, 0.25) is 10.0 Å². The van der Waals surface area contributed by atoms with Crippen LogP contribution in [0.3, 0.4) is 0 Å². The molecule has 1 saturated carbocycles. The molecule has 0 bridgehead atoms. The van der Waals surface area contributed by atoms with Crippen molar-refractivity contribution in [3.05, 3.63) is 18.2 Å². The topological polar surface area (TPSA) is 72.2 Å². The van der Waals surface area contributed by atoms with Crippen LogP contribution in [0, 0.1) is 0 Å². The number of hydrogen-bond acceptors (Lipinski definition) is 4. The van der Waals surface area contributed by atoms with Crippen molar-refractivity contribution in [2.45, 2.75) is 40.7 Å². The van der Waals surface area contributed by atoms with Gasteiger partial charge in [0, 0.05) is 15.8 Å². The number of sulfonamides is 1. The van der Waals surface area contributed by atoms with Gasteiger partial charge in [-0.15, -0.1) is 11.8 Å². The Hall–Kier alpha value is -0.720. The quantitative estimate of drug-likeness (QED) is 0.832. The van der Waals surface area contributed by atoms with Gasteiger partial charge in [-0.1, -0.05) is 12.8 Å². The van der Waals surface area contributed by atoms with Gasteiger partial charge in [0.15, 0.2) is 0 Å². The van der Waals surface area contributed by atoms with Gasteiger partial charge < -0.3 is 5.73 Å². The van der Waals surface area contributed by atoms with Crippen LogP contribution in [0.1, 0.15) is 25.7 Å². The Balaban J connectivity index is 2.19. The van der Waals surface area contributed by atoms with Crippen LogP contribution in [0.4, 0.5) is 5.69 Å². The highest BCUT2D eigenvalue weighted by molar-refractivity contribution is 8.00. The smallest absolute Gasteiger partial charge is 0.240 e. The Morgan fingerprint density at radius 1 is 1.33 bits per heavy atom. The van der Waals surface area contributed by atoms with Crippen LogP contribution in [0.25, 0.3) is 0 Å². The van der Waals surface area contributed by atoms with Crippen LogP contribution in [-0.4, -0.2) is 20.7 Å². The van der Waals surface area contributed by atoms with Crippen molar-refractivity contribution >= 4 is 27.5 Å². The summed E-state index contributed by atoms with van der Waals surface area (Å²) in [7, 11) is -2.01. The summed E-state index contributed by atoms with van der Waals surface area (Å²) in [4.78, 5) is 1.20. The zero-order valence-electron chi connectivity index (χ0n) is 10.3. The van der Waals surface area contributed by atoms with Crippen molar-refractivity contribution in [2.24, 2.45) is 0 Å². The Kier molecular flexibility index (Phi) is 4.19. The van der Waals surface area contributed by atoms with Crippen LogP contribution < -0.4 is 10.5 Å². The zero-order valence-corrected chi connectivity index (χ0v) is 12.0. The minimum atomic E-state index is -3.40. The van der Waals surface area contributed by atoms with Crippen molar-refractivity contribution in [3.8, 4) is 0 Å². The van der Waals surface area contributed by atoms with Crippen LogP contribution in [0.2, 0.25) is 0 Å². The zero-order chi connectivity index (χ0) is 13.2. The van der Waals surface area contributed by atoms with E-state index in [1.165, 1.54) is 38.8 Å². The van der Waals surface area contributed by atoms with Gasteiger partial charge in [0.1, 0.15) is 0 Å². The molecule has 0 atom stereocenters. The van der Waals surface area contributed by atoms with Gasteiger partial charge in [0.05, 0.1) is 4.90 Å². The third-order valence-electron chi connectivity index (χ3n) is 3.16. The molecule has 0 saturated heterocycles. The number of anilines is 1. The highest BCUT2D eigenvalue weighted by Crippen LogP contribution is 2.37. The molecule has 1 fully saturated rings. The molecule has 1 aliphatic rings. The Bertz CT molecular complexity index is 523. The van der Waals surface area contributed by atoms with E-state index in [1.807, 2.05) is 6.07 Å². The number of nitrogens with one attached hydrogen (secondary N) is 1. The Morgan fingerprint density at radius 3 is 2.56 bits per heavy atom. The van der Waals surface area contributed by atoms with Crippen molar-refractivity contribution in [2.75, 3.05) is 12.8 Å². The van der Waals surface area contributed by atoms with E-state index in [4.69, 9.17) is 5.73 Å². The number of nitrogen functional groups attached to an aromatic ring is 1. The molecule has 4 nitrogen and oxygen atoms in total. The van der Waals surface area contributed by atoms with E-state index >= 15 is 0 Å². The molecule has 6 heteroatoms. The molecular formula is C12H18N2O2S2. The van der Waals surface area contributed by atoms with E-state index < -0.39 is 10.0 Å². The minimum Gasteiger partial charge on any atom is -0.398 e. The molecule has 0 aromatic heterocycles. The summed E-state index contributed by atoms with van der Waals surface area (Å²) in [5.74, 6) is 0. The second kappa shape index (κ2) is 5.50. The van der Waals surface area contributed by atoms with Crippen molar-refractivity contribution in [3.63, 3.8) is 0 Å². The molecular weight excluding hydrogens is 268 g/mol. The summed E-state index contributed by atoms with van der Waals surface area (Å²) in [5, 5.41) is 0.624. The Morgan fingerprint density at radius 2 is 2.00 bits per heavy atom. The maximum absolute atomic E-state index is 11.6. The number of thioether (sulfide) groups is 1. The number of rotatable bonds is 4. The van der Waals surface area contributed by atoms with Gasteiger partial charge in [-0.05, 0) is 38.1 Å². The molecule has 18 heavy (non-hydrogen) atoms. The molecule has 0 amide bonds.